The number of nitriles is 1. The summed E-state index contributed by atoms with van der Waals surface area (Å²) in [7, 11) is 0. The van der Waals surface area contributed by atoms with E-state index in [1.54, 1.807) is 6.07 Å². The van der Waals surface area contributed by atoms with Crippen LogP contribution in [0.5, 0.6) is 0 Å². The van der Waals surface area contributed by atoms with Gasteiger partial charge in [-0.3, -0.25) is 0 Å². The molecular formula is C4HBrN2O. The van der Waals surface area contributed by atoms with E-state index in [0.717, 1.165) is 0 Å². The summed E-state index contributed by atoms with van der Waals surface area (Å²) in [5.74, 6) is 0.219. The Balaban J connectivity index is 3.05. The summed E-state index contributed by atoms with van der Waals surface area (Å²) >= 11 is 3.02. The molecule has 0 unspecified atom stereocenters. The van der Waals surface area contributed by atoms with Gasteiger partial charge in [-0.25, -0.2) is 0 Å². The number of rotatable bonds is 0. The molecule has 0 N–H and O–H groups in total. The SMILES string of the molecule is N#Cc1cc(Br)no1. The lowest BCUT2D eigenvalue weighted by atomic mass is 10.5. The fourth-order valence-corrected chi connectivity index (χ4v) is 0.587. The van der Waals surface area contributed by atoms with Crippen LogP contribution in [0.2, 0.25) is 0 Å². The van der Waals surface area contributed by atoms with Crippen molar-refractivity contribution in [1.29, 1.82) is 5.26 Å². The molecule has 0 aliphatic heterocycles. The number of hydrogen-bond acceptors (Lipinski definition) is 3. The number of halogens is 1. The Morgan fingerprint density at radius 2 is 2.62 bits per heavy atom. The third kappa shape index (κ3) is 0.873. The molecule has 0 bridgehead atoms. The van der Waals surface area contributed by atoms with Crippen molar-refractivity contribution in [2.75, 3.05) is 0 Å². The van der Waals surface area contributed by atoms with Crippen molar-refractivity contribution in [3.63, 3.8) is 0 Å². The number of nitrogens with zero attached hydrogens (tertiary/aromatic N) is 2. The van der Waals surface area contributed by atoms with Crippen LogP contribution < -0.4 is 0 Å². The minimum absolute atomic E-state index is 0.219. The first-order valence-corrected chi connectivity index (χ1v) is 2.64. The van der Waals surface area contributed by atoms with E-state index >= 15 is 0 Å². The molecule has 0 radical (unpaired) electrons. The van der Waals surface area contributed by atoms with Gasteiger partial charge in [0.15, 0.2) is 4.60 Å². The molecule has 0 fully saturated rings. The van der Waals surface area contributed by atoms with Gasteiger partial charge in [0.05, 0.1) is 0 Å². The monoisotopic (exact) mass is 172 g/mol. The van der Waals surface area contributed by atoms with Gasteiger partial charge in [0, 0.05) is 6.07 Å². The molecule has 3 nitrogen and oxygen atoms in total. The molecule has 4 heteroatoms. The fourth-order valence-electron chi connectivity index (χ4n) is 0.306. The van der Waals surface area contributed by atoms with Crippen LogP contribution in [-0.2, 0) is 0 Å². The average molecular weight is 173 g/mol. The first kappa shape index (κ1) is 5.32. The molecule has 40 valence electrons. The van der Waals surface area contributed by atoms with E-state index in [0.29, 0.717) is 4.60 Å². The Hall–Kier alpha value is -0.820. The highest BCUT2D eigenvalue weighted by atomic mass is 79.9. The lowest BCUT2D eigenvalue weighted by Crippen LogP contribution is -1.56. The van der Waals surface area contributed by atoms with E-state index in [4.69, 9.17) is 5.26 Å². The van der Waals surface area contributed by atoms with Crippen molar-refractivity contribution >= 4 is 15.9 Å². The molecule has 0 saturated carbocycles. The van der Waals surface area contributed by atoms with Gasteiger partial charge in [-0.1, -0.05) is 5.16 Å². The molecule has 0 spiro atoms. The standard InChI is InChI=1S/C4HBrN2O/c5-4-1-3(2-6)8-7-4/h1H. The molecule has 1 aromatic rings. The van der Waals surface area contributed by atoms with Crippen molar-refractivity contribution in [3.05, 3.63) is 16.4 Å². The summed E-state index contributed by atoms with van der Waals surface area (Å²) in [5, 5.41) is 11.6. The lowest BCUT2D eigenvalue weighted by molar-refractivity contribution is 0.406. The second-order valence-corrected chi connectivity index (χ2v) is 1.94. The predicted octanol–water partition coefficient (Wildman–Crippen LogP) is 1.31. The largest absolute Gasteiger partial charge is 0.344 e. The highest BCUT2D eigenvalue weighted by Gasteiger charge is 1.95. The highest BCUT2D eigenvalue weighted by molar-refractivity contribution is 9.10. The van der Waals surface area contributed by atoms with Crippen LogP contribution in [0, 0.1) is 11.3 Å². The van der Waals surface area contributed by atoms with Crippen LogP contribution in [0.4, 0.5) is 0 Å². The topological polar surface area (TPSA) is 49.8 Å². The first-order valence-electron chi connectivity index (χ1n) is 1.85. The van der Waals surface area contributed by atoms with Crippen LogP contribution in [0.15, 0.2) is 15.2 Å². The second-order valence-electron chi connectivity index (χ2n) is 1.13. The fraction of sp³-hybridized carbons (Fsp3) is 0. The van der Waals surface area contributed by atoms with Crippen molar-refractivity contribution in [2.45, 2.75) is 0 Å². The molecule has 0 atom stereocenters. The maximum atomic E-state index is 8.15. The minimum Gasteiger partial charge on any atom is -0.344 e. The third-order valence-corrected chi connectivity index (χ3v) is 0.965. The molecular weight excluding hydrogens is 172 g/mol. The molecule has 0 aromatic carbocycles. The maximum Gasteiger partial charge on any atom is 0.237 e. The van der Waals surface area contributed by atoms with Gasteiger partial charge in [-0.2, -0.15) is 5.26 Å². The molecule has 1 rings (SSSR count). The van der Waals surface area contributed by atoms with Gasteiger partial charge in [-0.05, 0) is 15.9 Å². The summed E-state index contributed by atoms with van der Waals surface area (Å²) in [6.45, 7) is 0. The normalized spacial score (nSPS) is 8.50. The molecule has 0 saturated heterocycles. The Kier molecular flexibility index (Phi) is 1.31. The number of aromatic nitrogens is 1. The van der Waals surface area contributed by atoms with Gasteiger partial charge in [-0.15, -0.1) is 0 Å². The molecule has 8 heavy (non-hydrogen) atoms. The van der Waals surface area contributed by atoms with Crippen molar-refractivity contribution < 1.29 is 4.52 Å². The first-order chi connectivity index (χ1) is 3.83. The molecule has 0 aliphatic carbocycles. The van der Waals surface area contributed by atoms with E-state index in [1.807, 2.05) is 0 Å². The quantitative estimate of drug-likeness (QED) is 0.594. The highest BCUT2D eigenvalue weighted by Crippen LogP contribution is 2.07. The average Bonchev–Trinajstić information content (AvgIpc) is 2.14. The summed E-state index contributed by atoms with van der Waals surface area (Å²) in [6, 6.07) is 3.29. The van der Waals surface area contributed by atoms with Crippen LogP contribution in [-0.4, -0.2) is 5.16 Å². The second kappa shape index (κ2) is 1.97. The van der Waals surface area contributed by atoms with Gasteiger partial charge < -0.3 is 4.52 Å². The van der Waals surface area contributed by atoms with Gasteiger partial charge in [0.2, 0.25) is 5.76 Å². The van der Waals surface area contributed by atoms with Gasteiger partial charge >= 0.3 is 0 Å². The Labute approximate surface area is 54.0 Å². The van der Waals surface area contributed by atoms with E-state index in [2.05, 4.69) is 25.6 Å². The molecule has 1 aromatic heterocycles. The summed E-state index contributed by atoms with van der Waals surface area (Å²) in [5.41, 5.74) is 0. The van der Waals surface area contributed by atoms with Gasteiger partial charge in [0.25, 0.3) is 0 Å². The predicted molar refractivity (Wildman–Crippen MR) is 28.9 cm³/mol. The van der Waals surface area contributed by atoms with Crippen LogP contribution in [0.3, 0.4) is 0 Å². The molecule has 0 aliphatic rings. The summed E-state index contributed by atoms with van der Waals surface area (Å²) < 4.78 is 5.01. The smallest absolute Gasteiger partial charge is 0.237 e. The Morgan fingerprint density at radius 3 is 2.88 bits per heavy atom. The zero-order valence-corrected chi connectivity index (χ0v) is 5.34. The third-order valence-electron chi connectivity index (χ3n) is 0.592. The van der Waals surface area contributed by atoms with E-state index < -0.39 is 0 Å². The van der Waals surface area contributed by atoms with E-state index in [-0.39, 0.29) is 5.76 Å². The molecule has 0 amide bonds. The van der Waals surface area contributed by atoms with Crippen molar-refractivity contribution in [3.8, 4) is 6.07 Å². The summed E-state index contributed by atoms with van der Waals surface area (Å²) in [6.07, 6.45) is 0. The lowest BCUT2D eigenvalue weighted by Gasteiger charge is -1.62. The summed E-state index contributed by atoms with van der Waals surface area (Å²) in [4.78, 5) is 0. The van der Waals surface area contributed by atoms with Crippen LogP contribution in [0.25, 0.3) is 0 Å². The van der Waals surface area contributed by atoms with Crippen LogP contribution >= 0.6 is 15.9 Å². The minimum atomic E-state index is 0.219. The van der Waals surface area contributed by atoms with Crippen molar-refractivity contribution in [1.82, 2.24) is 5.16 Å². The Morgan fingerprint density at radius 1 is 1.88 bits per heavy atom. The van der Waals surface area contributed by atoms with E-state index in [1.165, 1.54) is 6.07 Å². The number of hydrogen-bond donors (Lipinski definition) is 0. The maximum absolute atomic E-state index is 8.15. The zero-order chi connectivity index (χ0) is 5.98. The zero-order valence-electron chi connectivity index (χ0n) is 3.76. The van der Waals surface area contributed by atoms with Crippen LogP contribution in [0.1, 0.15) is 5.76 Å². The van der Waals surface area contributed by atoms with E-state index in [9.17, 15) is 0 Å². The van der Waals surface area contributed by atoms with Gasteiger partial charge in [0.1, 0.15) is 6.07 Å². The Bertz CT molecular complexity index is 224. The molecule has 1 heterocycles. The van der Waals surface area contributed by atoms with Crippen molar-refractivity contribution in [2.24, 2.45) is 0 Å².